The minimum Gasteiger partial charge on any atom is -0.453 e. The van der Waals surface area contributed by atoms with Crippen molar-refractivity contribution in [1.29, 1.82) is 0 Å². The Morgan fingerprint density at radius 1 is 1.50 bits per heavy atom. The maximum Gasteiger partial charge on any atom is 0.409 e. The average molecular weight is 223 g/mol. The van der Waals surface area contributed by atoms with Gasteiger partial charge in [0.1, 0.15) is 12.4 Å². The van der Waals surface area contributed by atoms with Crippen LogP contribution in [0, 0.1) is 0 Å². The average Bonchev–Trinajstić information content (AvgIpc) is 2.29. The number of amides is 2. The van der Waals surface area contributed by atoms with Gasteiger partial charge in [-0.3, -0.25) is 4.79 Å². The van der Waals surface area contributed by atoms with Gasteiger partial charge < -0.3 is 15.0 Å². The minimum atomic E-state index is -0.559. The highest BCUT2D eigenvalue weighted by molar-refractivity contribution is 5.92. The molecular formula is C10H13N3O3. The summed E-state index contributed by atoms with van der Waals surface area (Å²) >= 11 is 0. The number of methoxy groups -OCH3 is 1. The maximum absolute atomic E-state index is 11.4. The van der Waals surface area contributed by atoms with Crippen molar-refractivity contribution in [2.75, 3.05) is 26.0 Å². The topological polar surface area (TPSA) is 71.5 Å². The molecule has 0 saturated carbocycles. The van der Waals surface area contributed by atoms with Crippen LogP contribution in [0.3, 0.4) is 0 Å². The van der Waals surface area contributed by atoms with Gasteiger partial charge in [-0.25, -0.2) is 9.78 Å². The summed E-state index contributed by atoms with van der Waals surface area (Å²) in [6.45, 7) is -0.0801. The number of hydrogen-bond donors (Lipinski definition) is 1. The van der Waals surface area contributed by atoms with Crippen LogP contribution in [-0.2, 0) is 9.53 Å². The summed E-state index contributed by atoms with van der Waals surface area (Å²) in [6.07, 6.45) is 1.01. The van der Waals surface area contributed by atoms with Crippen molar-refractivity contribution in [2.45, 2.75) is 0 Å². The first-order valence-corrected chi connectivity index (χ1v) is 4.63. The molecule has 86 valence electrons. The molecule has 1 rings (SSSR count). The van der Waals surface area contributed by atoms with Crippen LogP contribution in [0.5, 0.6) is 0 Å². The number of carbonyl (C=O) groups excluding carboxylic acids is 2. The van der Waals surface area contributed by atoms with Crippen LogP contribution in [0.2, 0.25) is 0 Å². The monoisotopic (exact) mass is 223 g/mol. The van der Waals surface area contributed by atoms with E-state index in [1.165, 1.54) is 14.2 Å². The van der Waals surface area contributed by atoms with Crippen molar-refractivity contribution in [3.05, 3.63) is 24.4 Å². The van der Waals surface area contributed by atoms with Crippen molar-refractivity contribution in [3.8, 4) is 0 Å². The number of nitrogens with one attached hydrogen (secondary N) is 1. The molecule has 6 nitrogen and oxygen atoms in total. The van der Waals surface area contributed by atoms with E-state index < -0.39 is 6.09 Å². The number of anilines is 1. The number of hydrogen-bond acceptors (Lipinski definition) is 4. The van der Waals surface area contributed by atoms with Gasteiger partial charge in [0.05, 0.1) is 7.11 Å². The minimum absolute atomic E-state index is 0.0801. The first kappa shape index (κ1) is 12.0. The quantitative estimate of drug-likeness (QED) is 0.819. The maximum atomic E-state index is 11.4. The van der Waals surface area contributed by atoms with E-state index in [1.54, 1.807) is 24.4 Å². The van der Waals surface area contributed by atoms with Gasteiger partial charge in [0.25, 0.3) is 0 Å². The van der Waals surface area contributed by atoms with Crippen molar-refractivity contribution in [1.82, 2.24) is 9.88 Å². The zero-order valence-corrected chi connectivity index (χ0v) is 9.14. The Hall–Kier alpha value is -2.11. The molecule has 0 fully saturated rings. The van der Waals surface area contributed by atoms with Gasteiger partial charge in [-0.1, -0.05) is 6.07 Å². The molecule has 6 heteroatoms. The van der Waals surface area contributed by atoms with Crippen LogP contribution >= 0.6 is 0 Å². The fourth-order valence-corrected chi connectivity index (χ4v) is 1.05. The van der Waals surface area contributed by atoms with E-state index in [-0.39, 0.29) is 12.5 Å². The Kier molecular flexibility index (Phi) is 4.26. The lowest BCUT2D eigenvalue weighted by molar-refractivity contribution is -0.116. The third-order valence-electron chi connectivity index (χ3n) is 1.80. The lowest BCUT2D eigenvalue weighted by atomic mass is 10.4. The molecule has 1 N–H and O–H groups in total. The van der Waals surface area contributed by atoms with Gasteiger partial charge in [0.2, 0.25) is 5.91 Å². The second-order valence-corrected chi connectivity index (χ2v) is 3.09. The number of rotatable bonds is 3. The zero-order chi connectivity index (χ0) is 12.0. The first-order chi connectivity index (χ1) is 7.63. The van der Waals surface area contributed by atoms with E-state index >= 15 is 0 Å². The fourth-order valence-electron chi connectivity index (χ4n) is 1.05. The van der Waals surface area contributed by atoms with E-state index in [0.29, 0.717) is 5.82 Å². The van der Waals surface area contributed by atoms with Crippen LogP contribution in [-0.4, -0.2) is 42.6 Å². The first-order valence-electron chi connectivity index (χ1n) is 4.63. The molecule has 0 aliphatic carbocycles. The SMILES string of the molecule is COC(=O)N(C)CC(=O)Nc1ccccn1. The summed E-state index contributed by atoms with van der Waals surface area (Å²) in [6, 6.07) is 5.17. The van der Waals surface area contributed by atoms with Gasteiger partial charge in [-0.05, 0) is 12.1 Å². The Bertz CT molecular complexity index is 367. The smallest absolute Gasteiger partial charge is 0.409 e. The number of ether oxygens (including phenoxy) is 1. The van der Waals surface area contributed by atoms with Gasteiger partial charge in [0, 0.05) is 13.2 Å². The third kappa shape index (κ3) is 3.56. The summed E-state index contributed by atoms with van der Waals surface area (Å²) in [5.74, 6) is 0.123. The predicted molar refractivity (Wildman–Crippen MR) is 57.9 cm³/mol. The Balaban J connectivity index is 2.45. The molecule has 1 heterocycles. The van der Waals surface area contributed by atoms with Gasteiger partial charge >= 0.3 is 6.09 Å². The van der Waals surface area contributed by atoms with Crippen molar-refractivity contribution >= 4 is 17.8 Å². The number of carbonyl (C=O) groups is 2. The second-order valence-electron chi connectivity index (χ2n) is 3.09. The van der Waals surface area contributed by atoms with Gasteiger partial charge in [-0.15, -0.1) is 0 Å². The number of likely N-dealkylation sites (N-methyl/N-ethyl adjacent to an activating group) is 1. The third-order valence-corrected chi connectivity index (χ3v) is 1.80. The summed E-state index contributed by atoms with van der Waals surface area (Å²) in [7, 11) is 2.74. The summed E-state index contributed by atoms with van der Waals surface area (Å²) in [5.41, 5.74) is 0. The van der Waals surface area contributed by atoms with E-state index in [9.17, 15) is 9.59 Å². The molecule has 0 unspecified atom stereocenters. The Morgan fingerprint density at radius 3 is 2.81 bits per heavy atom. The van der Waals surface area contributed by atoms with Crippen molar-refractivity contribution in [3.63, 3.8) is 0 Å². The summed E-state index contributed by atoms with van der Waals surface area (Å²) in [4.78, 5) is 27.5. The molecule has 0 bridgehead atoms. The van der Waals surface area contributed by atoms with Crippen molar-refractivity contribution in [2.24, 2.45) is 0 Å². The summed E-state index contributed by atoms with van der Waals surface area (Å²) < 4.78 is 4.45. The second kappa shape index (κ2) is 5.69. The molecule has 0 saturated heterocycles. The Labute approximate surface area is 93.2 Å². The molecular weight excluding hydrogens is 210 g/mol. The van der Waals surface area contributed by atoms with Gasteiger partial charge in [-0.2, -0.15) is 0 Å². The molecule has 16 heavy (non-hydrogen) atoms. The Morgan fingerprint density at radius 2 is 2.25 bits per heavy atom. The molecule has 2 amide bonds. The van der Waals surface area contributed by atoms with E-state index in [2.05, 4.69) is 15.0 Å². The molecule has 0 aliphatic heterocycles. The zero-order valence-electron chi connectivity index (χ0n) is 9.14. The number of pyridine rings is 1. The predicted octanol–water partition coefficient (Wildman–Crippen LogP) is 0.718. The number of nitrogens with zero attached hydrogens (tertiary/aromatic N) is 2. The van der Waals surface area contributed by atoms with Crippen LogP contribution in [0.15, 0.2) is 24.4 Å². The molecule has 0 aliphatic rings. The van der Waals surface area contributed by atoms with E-state index in [0.717, 1.165) is 4.90 Å². The number of aromatic nitrogens is 1. The highest BCUT2D eigenvalue weighted by Gasteiger charge is 2.12. The summed E-state index contributed by atoms with van der Waals surface area (Å²) in [5, 5.41) is 2.55. The molecule has 0 atom stereocenters. The molecule has 0 radical (unpaired) electrons. The van der Waals surface area contributed by atoms with E-state index in [4.69, 9.17) is 0 Å². The molecule has 0 aromatic carbocycles. The van der Waals surface area contributed by atoms with Crippen molar-refractivity contribution < 1.29 is 14.3 Å². The molecule has 1 aromatic heterocycles. The normalized spacial score (nSPS) is 9.38. The lowest BCUT2D eigenvalue weighted by Crippen LogP contribution is -2.34. The van der Waals surface area contributed by atoms with Crippen LogP contribution in [0.4, 0.5) is 10.6 Å². The van der Waals surface area contributed by atoms with E-state index in [1.807, 2.05) is 0 Å². The molecule has 0 spiro atoms. The fraction of sp³-hybridized carbons (Fsp3) is 0.300. The lowest BCUT2D eigenvalue weighted by Gasteiger charge is -2.14. The van der Waals surface area contributed by atoms with Crippen LogP contribution in [0.25, 0.3) is 0 Å². The standard InChI is InChI=1S/C10H13N3O3/c1-13(10(15)16-2)7-9(14)12-8-5-3-4-6-11-8/h3-6H,7H2,1-2H3,(H,11,12,14). The highest BCUT2D eigenvalue weighted by atomic mass is 16.5. The largest absolute Gasteiger partial charge is 0.453 e. The van der Waals surface area contributed by atoms with Crippen LogP contribution < -0.4 is 5.32 Å². The van der Waals surface area contributed by atoms with Crippen LogP contribution in [0.1, 0.15) is 0 Å². The highest BCUT2D eigenvalue weighted by Crippen LogP contribution is 1.99. The van der Waals surface area contributed by atoms with Gasteiger partial charge in [0.15, 0.2) is 0 Å². The molecule has 1 aromatic rings.